The highest BCUT2D eigenvalue weighted by atomic mass is 32.1. The summed E-state index contributed by atoms with van der Waals surface area (Å²) in [6, 6.07) is 55.2. The van der Waals surface area contributed by atoms with Crippen molar-refractivity contribution in [1.29, 1.82) is 0 Å². The molecule has 2 nitrogen and oxygen atoms in total. The number of thiophene rings is 1. The molecule has 0 fully saturated rings. The van der Waals surface area contributed by atoms with E-state index in [0.29, 0.717) is 0 Å². The van der Waals surface area contributed by atoms with Gasteiger partial charge in [-0.2, -0.15) is 0 Å². The van der Waals surface area contributed by atoms with Gasteiger partial charge in [-0.05, 0) is 100 Å². The second kappa shape index (κ2) is 10.2. The Morgan fingerprint density at radius 2 is 1.15 bits per heavy atom. The van der Waals surface area contributed by atoms with E-state index in [4.69, 9.17) is 4.42 Å². The van der Waals surface area contributed by atoms with Crippen LogP contribution in [0.4, 0.5) is 17.1 Å². The van der Waals surface area contributed by atoms with Crippen molar-refractivity contribution in [3.05, 3.63) is 163 Å². The van der Waals surface area contributed by atoms with Gasteiger partial charge in [0.05, 0.1) is 0 Å². The van der Waals surface area contributed by atoms with Crippen LogP contribution in [0.3, 0.4) is 0 Å². The van der Waals surface area contributed by atoms with Gasteiger partial charge in [-0.25, -0.2) is 0 Å². The van der Waals surface area contributed by atoms with E-state index in [1.54, 1.807) is 0 Å². The van der Waals surface area contributed by atoms with Crippen LogP contribution in [0.5, 0.6) is 0 Å². The second-order valence-corrected chi connectivity index (χ2v) is 14.4. The summed E-state index contributed by atoms with van der Waals surface area (Å²) in [5.41, 5.74) is 13.1. The zero-order chi connectivity index (χ0) is 32.0. The van der Waals surface area contributed by atoms with Crippen molar-refractivity contribution in [2.75, 3.05) is 4.90 Å². The summed E-state index contributed by atoms with van der Waals surface area (Å²) in [4.78, 5) is 2.41. The molecule has 10 rings (SSSR count). The van der Waals surface area contributed by atoms with Gasteiger partial charge in [0.15, 0.2) is 0 Å². The first-order valence-corrected chi connectivity index (χ1v) is 17.3. The fraction of sp³-hybridized carbons (Fsp3) is 0.0667. The van der Waals surface area contributed by atoms with Crippen LogP contribution in [-0.4, -0.2) is 0 Å². The first-order chi connectivity index (χ1) is 23.5. The van der Waals surface area contributed by atoms with Crippen molar-refractivity contribution < 1.29 is 4.42 Å². The van der Waals surface area contributed by atoms with E-state index in [1.165, 1.54) is 64.6 Å². The Morgan fingerprint density at radius 1 is 0.479 bits per heavy atom. The van der Waals surface area contributed by atoms with Gasteiger partial charge < -0.3 is 9.32 Å². The predicted molar refractivity (Wildman–Crippen MR) is 204 cm³/mol. The maximum Gasteiger partial charge on any atom is 0.136 e. The Labute approximate surface area is 283 Å². The van der Waals surface area contributed by atoms with E-state index < -0.39 is 0 Å². The molecule has 0 N–H and O–H groups in total. The van der Waals surface area contributed by atoms with Crippen LogP contribution in [0.2, 0.25) is 0 Å². The number of anilines is 3. The smallest absolute Gasteiger partial charge is 0.136 e. The van der Waals surface area contributed by atoms with Crippen molar-refractivity contribution >= 4 is 70.5 Å². The third-order valence-electron chi connectivity index (χ3n) is 10.3. The largest absolute Gasteiger partial charge is 0.456 e. The summed E-state index contributed by atoms with van der Waals surface area (Å²) < 4.78 is 8.82. The van der Waals surface area contributed by atoms with Crippen molar-refractivity contribution in [3.8, 4) is 22.3 Å². The van der Waals surface area contributed by atoms with Crippen LogP contribution in [-0.2, 0) is 5.41 Å². The van der Waals surface area contributed by atoms with Gasteiger partial charge >= 0.3 is 0 Å². The average Bonchev–Trinajstić information content (AvgIpc) is 3.76. The molecule has 0 amide bonds. The molecular formula is C45H31NOS. The fourth-order valence-corrected chi connectivity index (χ4v) is 9.01. The number of benzene rings is 7. The van der Waals surface area contributed by atoms with Gasteiger partial charge in [0, 0.05) is 53.4 Å². The summed E-state index contributed by atoms with van der Waals surface area (Å²) in [5.74, 6) is 0. The van der Waals surface area contributed by atoms with Crippen LogP contribution >= 0.6 is 11.3 Å². The van der Waals surface area contributed by atoms with Gasteiger partial charge in [0.25, 0.3) is 0 Å². The first-order valence-electron chi connectivity index (χ1n) is 16.5. The zero-order valence-electron chi connectivity index (χ0n) is 26.7. The molecule has 48 heavy (non-hydrogen) atoms. The van der Waals surface area contributed by atoms with E-state index in [0.717, 1.165) is 27.9 Å². The van der Waals surface area contributed by atoms with E-state index in [-0.39, 0.29) is 5.41 Å². The molecule has 0 atom stereocenters. The normalized spacial score (nSPS) is 13.4. The Hall–Kier alpha value is -5.64. The minimum atomic E-state index is -0.0720. The molecule has 0 spiro atoms. The number of nitrogens with zero attached hydrogens (tertiary/aromatic N) is 1. The number of rotatable bonds is 4. The molecule has 0 aliphatic heterocycles. The zero-order valence-corrected chi connectivity index (χ0v) is 27.5. The minimum Gasteiger partial charge on any atom is -0.456 e. The van der Waals surface area contributed by atoms with E-state index >= 15 is 0 Å². The van der Waals surface area contributed by atoms with Gasteiger partial charge in [-0.3, -0.25) is 0 Å². The number of hydrogen-bond acceptors (Lipinski definition) is 3. The van der Waals surface area contributed by atoms with Crippen molar-refractivity contribution in [2.45, 2.75) is 19.3 Å². The number of fused-ring (bicyclic) bond motifs is 9. The van der Waals surface area contributed by atoms with E-state index in [9.17, 15) is 0 Å². The van der Waals surface area contributed by atoms with E-state index in [1.807, 2.05) is 17.4 Å². The standard InChI is InChI=1S/C45H31NOS/c1-45(2)38-16-8-6-13-33(38)34-22-20-31(27-39(34)45)46(29-11-4-3-5-12-29)30-21-24-43-37(26-30)36-25-28(19-23-42(36)48-43)32-15-10-18-41-44(32)35-14-7-9-17-40(35)47-41/h3-27H,1-2H3. The molecule has 0 bridgehead atoms. The lowest BCUT2D eigenvalue weighted by atomic mass is 9.82. The molecule has 0 unspecified atom stereocenters. The Balaban J connectivity index is 1.15. The summed E-state index contributed by atoms with van der Waals surface area (Å²) in [7, 11) is 0. The van der Waals surface area contributed by atoms with Crippen molar-refractivity contribution in [3.63, 3.8) is 0 Å². The Kier molecular flexibility index (Phi) is 5.82. The highest BCUT2D eigenvalue weighted by Crippen LogP contribution is 2.51. The molecular weight excluding hydrogens is 603 g/mol. The minimum absolute atomic E-state index is 0.0720. The number of para-hydroxylation sites is 2. The molecule has 1 aliphatic rings. The quantitative estimate of drug-likeness (QED) is 0.192. The van der Waals surface area contributed by atoms with Gasteiger partial charge in [-0.15, -0.1) is 11.3 Å². The molecule has 2 heterocycles. The highest BCUT2D eigenvalue weighted by Gasteiger charge is 2.35. The lowest BCUT2D eigenvalue weighted by molar-refractivity contribution is 0.660. The molecule has 0 saturated carbocycles. The molecule has 0 saturated heterocycles. The topological polar surface area (TPSA) is 16.4 Å². The monoisotopic (exact) mass is 633 g/mol. The third-order valence-corrected chi connectivity index (χ3v) is 11.4. The Bertz CT molecular complexity index is 2710. The van der Waals surface area contributed by atoms with Gasteiger partial charge in [0.2, 0.25) is 0 Å². The van der Waals surface area contributed by atoms with Crippen molar-refractivity contribution in [1.82, 2.24) is 0 Å². The van der Waals surface area contributed by atoms with Gasteiger partial charge in [0.1, 0.15) is 11.2 Å². The highest BCUT2D eigenvalue weighted by molar-refractivity contribution is 7.25. The van der Waals surface area contributed by atoms with Gasteiger partial charge in [-0.1, -0.05) is 98.8 Å². The van der Waals surface area contributed by atoms with Crippen LogP contribution in [0, 0.1) is 0 Å². The summed E-state index contributed by atoms with van der Waals surface area (Å²) in [6.07, 6.45) is 0. The van der Waals surface area contributed by atoms with Crippen LogP contribution in [0.15, 0.2) is 156 Å². The summed E-state index contributed by atoms with van der Waals surface area (Å²) in [5, 5.41) is 4.87. The SMILES string of the molecule is CC1(C)c2ccccc2-c2ccc(N(c3ccccc3)c3ccc4sc5ccc(-c6cccc7oc8ccccc8c67)cc5c4c3)cc21. The summed E-state index contributed by atoms with van der Waals surface area (Å²) in [6.45, 7) is 4.70. The first kappa shape index (κ1) is 27.5. The van der Waals surface area contributed by atoms with Crippen LogP contribution < -0.4 is 4.90 Å². The predicted octanol–water partition coefficient (Wildman–Crippen LogP) is 13.4. The molecule has 1 aliphatic carbocycles. The Morgan fingerprint density at radius 3 is 2.04 bits per heavy atom. The fourth-order valence-electron chi connectivity index (χ4n) is 7.94. The second-order valence-electron chi connectivity index (χ2n) is 13.3. The molecule has 2 aromatic heterocycles. The molecule has 9 aromatic rings. The molecule has 228 valence electrons. The molecule has 0 radical (unpaired) electrons. The number of furan rings is 1. The molecule has 3 heteroatoms. The lowest BCUT2D eigenvalue weighted by Crippen LogP contribution is -2.16. The maximum atomic E-state index is 6.24. The van der Waals surface area contributed by atoms with E-state index in [2.05, 4.69) is 164 Å². The number of hydrogen-bond donors (Lipinski definition) is 0. The average molecular weight is 634 g/mol. The lowest BCUT2D eigenvalue weighted by Gasteiger charge is -2.28. The van der Waals surface area contributed by atoms with Crippen LogP contribution in [0.1, 0.15) is 25.0 Å². The van der Waals surface area contributed by atoms with Crippen molar-refractivity contribution in [2.24, 2.45) is 0 Å². The third kappa shape index (κ3) is 3.98. The maximum absolute atomic E-state index is 6.24. The van der Waals surface area contributed by atoms with Crippen LogP contribution in [0.25, 0.3) is 64.4 Å². The molecule has 7 aromatic carbocycles. The summed E-state index contributed by atoms with van der Waals surface area (Å²) >= 11 is 1.86.